The van der Waals surface area contributed by atoms with Crippen molar-refractivity contribution in [1.82, 2.24) is 13.7 Å². The molecule has 0 aliphatic carbocycles. The molecule has 17 aromatic rings. The van der Waals surface area contributed by atoms with Crippen LogP contribution in [-0.4, -0.2) is 20.7 Å². The van der Waals surface area contributed by atoms with E-state index in [0.717, 1.165) is 5.92 Å². The largest absolute Gasteiger partial charge is 0.351 e. The van der Waals surface area contributed by atoms with Crippen LogP contribution in [0.4, 0.5) is 11.4 Å². The number of hydrogen-bond donors (Lipinski definition) is 0. The smallest absolute Gasteiger partial charge is 0.0528 e. The second kappa shape index (κ2) is 43.3. The van der Waals surface area contributed by atoms with Gasteiger partial charge in [-0.2, -0.15) is 0 Å². The van der Waals surface area contributed by atoms with E-state index in [0.29, 0.717) is 0 Å². The van der Waals surface area contributed by atoms with Crippen LogP contribution < -0.4 is 4.90 Å². The lowest BCUT2D eigenvalue weighted by atomic mass is 9.95. The Bertz CT molecular complexity index is 5400. The fourth-order valence-corrected chi connectivity index (χ4v) is 12.9. The molecule has 0 atom stereocenters. The minimum Gasteiger partial charge on any atom is -0.351 e. The number of benzene rings is 14. The maximum Gasteiger partial charge on any atom is 0.0528 e. The fourth-order valence-electron chi connectivity index (χ4n) is 12.9. The van der Waals surface area contributed by atoms with Gasteiger partial charge in [0.15, 0.2) is 0 Å². The van der Waals surface area contributed by atoms with Crippen molar-refractivity contribution in [2.45, 2.75) is 117 Å². The van der Waals surface area contributed by atoms with Crippen LogP contribution in [0.1, 0.15) is 97.3 Å². The number of aryl methyl sites for hydroxylation is 15. The molecule has 0 radical (unpaired) electrons. The lowest BCUT2D eigenvalue weighted by Crippen LogP contribution is -2.08. The Labute approximate surface area is 665 Å². The third-order valence-corrected chi connectivity index (χ3v) is 20.0. The van der Waals surface area contributed by atoms with Crippen molar-refractivity contribution in [3.05, 3.63) is 436 Å². The van der Waals surface area contributed by atoms with Gasteiger partial charge in [-0.15, -0.1) is 0 Å². The highest BCUT2D eigenvalue weighted by Gasteiger charge is 2.08. The molecule has 0 N–H and O–H groups in total. The molecule has 3 aromatic heterocycles. The zero-order valence-corrected chi connectivity index (χ0v) is 69.6. The van der Waals surface area contributed by atoms with Crippen molar-refractivity contribution in [2.75, 3.05) is 11.9 Å². The Morgan fingerprint density at radius 2 is 0.640 bits per heavy atom. The van der Waals surface area contributed by atoms with Gasteiger partial charge in [-0.3, -0.25) is 0 Å². The van der Waals surface area contributed by atoms with E-state index >= 15 is 0 Å². The van der Waals surface area contributed by atoms with Gasteiger partial charge >= 0.3 is 0 Å². The molecule has 111 heavy (non-hydrogen) atoms. The van der Waals surface area contributed by atoms with Crippen LogP contribution in [0, 0.1) is 103 Å². The fraction of sp³-hybridized carbons (Fsp3) is 0.196. The maximum absolute atomic E-state index is 2.28. The van der Waals surface area contributed by atoms with E-state index in [-0.39, 0.29) is 0 Å². The Hall–Kier alpha value is -12.0. The van der Waals surface area contributed by atoms with Gasteiger partial charge in [-0.1, -0.05) is 302 Å². The summed E-state index contributed by atoms with van der Waals surface area (Å²) in [5, 5.41) is 8.12. The minimum absolute atomic E-state index is 0.719. The molecule has 0 bridgehead atoms. The molecule has 566 valence electrons. The highest BCUT2D eigenvalue weighted by Crippen LogP contribution is 2.29. The van der Waals surface area contributed by atoms with Crippen LogP contribution in [0.25, 0.3) is 60.1 Å². The van der Waals surface area contributed by atoms with Gasteiger partial charge in [0.1, 0.15) is 0 Å². The lowest BCUT2D eigenvalue weighted by Gasteiger charge is -2.18. The summed E-state index contributed by atoms with van der Waals surface area (Å²) < 4.78 is 6.59. The van der Waals surface area contributed by atoms with Crippen molar-refractivity contribution < 1.29 is 0 Å². The van der Waals surface area contributed by atoms with Crippen LogP contribution in [0.5, 0.6) is 0 Å². The van der Waals surface area contributed by atoms with Gasteiger partial charge in [-0.25, -0.2) is 0 Å². The average Bonchev–Trinajstić information content (AvgIpc) is 1.72. The van der Waals surface area contributed by atoms with Crippen LogP contribution in [0.2, 0.25) is 0 Å². The first-order valence-electron chi connectivity index (χ1n) is 39.0. The van der Waals surface area contributed by atoms with E-state index in [9.17, 15) is 0 Å². The molecule has 3 heterocycles. The van der Waals surface area contributed by atoms with Gasteiger partial charge in [0.05, 0.1) is 5.52 Å². The maximum atomic E-state index is 2.28. The van der Waals surface area contributed by atoms with Crippen molar-refractivity contribution >= 4 is 65.8 Å². The van der Waals surface area contributed by atoms with E-state index in [4.69, 9.17) is 0 Å². The van der Waals surface area contributed by atoms with E-state index < -0.39 is 0 Å². The zero-order valence-electron chi connectivity index (χ0n) is 69.6. The SMILES string of the molecule is CN(c1ccccc1)c1ccccc1.Cc1ccc(C)c(C)c1.Cc1ccc(C)c(C)c1.Cc1ccc(CC(C)C)c2ccccc12.Cc1ccc2c(ccn2-c2ccccc2)c1.Cc1ccc2c(ccn2C)c1.Cc1cccc(C)c1C.Cc1ccccc1.Cc1ccccc1.Cn1c2ccccc2c2ccccc21. The van der Waals surface area contributed by atoms with Crippen molar-refractivity contribution in [3.63, 3.8) is 0 Å². The molecule has 17 rings (SSSR count). The summed E-state index contributed by atoms with van der Waals surface area (Å²) in [5.74, 6) is 0.719. The summed E-state index contributed by atoms with van der Waals surface area (Å²) >= 11 is 0. The molecule has 4 nitrogen and oxygen atoms in total. The molecule has 14 aromatic carbocycles. The standard InChI is InChI=1S/C15H13N.C15H18.C13H11N.C13H13N.C10H11N.3C9H12.2C7H8/c1-12-7-8-15-13(11-12)9-10-16(15)14-5-3-2-4-6-14;1-11(2)10-13-9-8-12(3)14-6-4-5-7-15(13)14;1-14-12-8-4-2-6-10(12)11-7-3-5-9-13(11)14;1-14(12-8-4-2-5-9-12)13-10-6-3-7-11-13;1-8-3-4-10-9(7-8)5-6-11(10)2;2*1-7-4-5-8(2)9(3)6-7;1-7-5-4-6-8(2)9(7)3;2*1-7-5-3-2-4-6-7/h2-11H,1H3;4-9,11H,10H2,1-3H3;2-9H,1H3;2-11H,1H3;3-7H,1-2H3;3*4-6H,1-3H3;2*2-6H,1H3. The van der Waals surface area contributed by atoms with Crippen molar-refractivity contribution in [1.29, 1.82) is 0 Å². The van der Waals surface area contributed by atoms with E-state index in [1.165, 1.54) is 161 Å². The Kier molecular flexibility index (Phi) is 33.0. The van der Waals surface area contributed by atoms with Crippen LogP contribution >= 0.6 is 0 Å². The highest BCUT2D eigenvalue weighted by molar-refractivity contribution is 6.07. The third-order valence-electron chi connectivity index (χ3n) is 20.0. The first-order valence-corrected chi connectivity index (χ1v) is 39.0. The van der Waals surface area contributed by atoms with E-state index in [1.807, 2.05) is 54.6 Å². The monoisotopic (exact) mass is 1460 g/mol. The molecule has 0 saturated heterocycles. The quantitative estimate of drug-likeness (QED) is 0.168. The summed E-state index contributed by atoms with van der Waals surface area (Å²) in [6.45, 7) is 34.4. The molecule has 0 fully saturated rings. The summed E-state index contributed by atoms with van der Waals surface area (Å²) in [6.07, 6.45) is 5.38. The molecule has 0 aliphatic heterocycles. The van der Waals surface area contributed by atoms with E-state index in [2.05, 4.69) is 448 Å². The predicted octanol–water partition coefficient (Wildman–Crippen LogP) is 29.4. The molecule has 4 heteroatoms. The normalized spacial score (nSPS) is 10.2. The zero-order chi connectivity index (χ0) is 79.8. The average molecular weight is 1460 g/mol. The van der Waals surface area contributed by atoms with Gasteiger partial charge in [-0.05, 0) is 260 Å². The Morgan fingerprint density at radius 1 is 0.270 bits per heavy atom. The number of fused-ring (bicyclic) bond motifs is 6. The lowest BCUT2D eigenvalue weighted by molar-refractivity contribution is 0.650. The molecule has 0 spiro atoms. The molecule has 0 amide bonds. The molecular formula is C107H118N4. The summed E-state index contributed by atoms with van der Waals surface area (Å²) in [5.41, 5.74) is 29.3. The molecule has 0 saturated carbocycles. The second-order valence-corrected chi connectivity index (χ2v) is 29.6. The van der Waals surface area contributed by atoms with Crippen LogP contribution in [-0.2, 0) is 20.5 Å². The van der Waals surface area contributed by atoms with Gasteiger partial charge in [0.25, 0.3) is 0 Å². The number of aromatic nitrogens is 3. The van der Waals surface area contributed by atoms with Gasteiger partial charge in [0.2, 0.25) is 0 Å². The highest BCUT2D eigenvalue weighted by atomic mass is 15.1. The summed E-state index contributed by atoms with van der Waals surface area (Å²) in [4.78, 5) is 2.17. The predicted molar refractivity (Wildman–Crippen MR) is 489 cm³/mol. The number of anilines is 2. The third kappa shape index (κ3) is 26.1. The number of para-hydroxylation sites is 5. The summed E-state index contributed by atoms with van der Waals surface area (Å²) in [7, 11) is 6.26. The van der Waals surface area contributed by atoms with E-state index in [1.54, 1.807) is 0 Å². The van der Waals surface area contributed by atoms with Gasteiger partial charge in [0, 0.05) is 83.3 Å². The van der Waals surface area contributed by atoms with Crippen LogP contribution in [0.15, 0.2) is 352 Å². The van der Waals surface area contributed by atoms with Crippen molar-refractivity contribution in [2.24, 2.45) is 20.0 Å². The first-order chi connectivity index (χ1) is 53.4. The van der Waals surface area contributed by atoms with Crippen molar-refractivity contribution in [3.8, 4) is 5.69 Å². The topological polar surface area (TPSA) is 18.0 Å². The van der Waals surface area contributed by atoms with Gasteiger partial charge < -0.3 is 18.6 Å². The number of rotatable bonds is 5. The van der Waals surface area contributed by atoms with Crippen LogP contribution in [0.3, 0.4) is 0 Å². The Balaban J connectivity index is 0.000000157. The number of nitrogens with zero attached hydrogens (tertiary/aromatic N) is 4. The molecule has 0 unspecified atom stereocenters. The number of hydrogen-bond acceptors (Lipinski definition) is 1. The molecular weight excluding hydrogens is 1340 g/mol. The summed E-state index contributed by atoms with van der Waals surface area (Å²) in [6, 6.07) is 119. The Morgan fingerprint density at radius 3 is 1.06 bits per heavy atom. The minimum atomic E-state index is 0.719. The first kappa shape index (κ1) is 84.6. The molecule has 0 aliphatic rings. The second-order valence-electron chi connectivity index (χ2n) is 29.6.